The number of hydrogen-bond acceptors (Lipinski definition) is 1. The van der Waals surface area contributed by atoms with Crippen LogP contribution in [0.2, 0.25) is 0 Å². The molecule has 0 atom stereocenters. The quantitative estimate of drug-likeness (QED) is 0.645. The van der Waals surface area contributed by atoms with Crippen LogP contribution in [0, 0.1) is 17.3 Å². The summed E-state index contributed by atoms with van der Waals surface area (Å²) in [5.74, 6) is 5.46. The average Bonchev–Trinajstić information content (AvgIpc) is 2.59. The zero-order valence-electron chi connectivity index (χ0n) is 16.7. The number of carboxylic acid groups (broad SMARTS) is 1. The minimum Gasteiger partial charge on any atom is -0.478 e. The first-order valence-electron chi connectivity index (χ1n) is 9.29. The van der Waals surface area contributed by atoms with Crippen molar-refractivity contribution in [1.82, 2.24) is 0 Å². The predicted molar refractivity (Wildman–Crippen MR) is 111 cm³/mol. The van der Waals surface area contributed by atoms with Gasteiger partial charge in [-0.15, -0.1) is 0 Å². The molecule has 0 spiro atoms. The minimum atomic E-state index is -0.923. The van der Waals surface area contributed by atoms with E-state index in [1.807, 2.05) is 0 Å². The summed E-state index contributed by atoms with van der Waals surface area (Å²) in [6.45, 7) is 11.3. The summed E-state index contributed by atoms with van der Waals surface area (Å²) in [5, 5.41) is 8.99. The Hall–Kier alpha value is -2.79. The summed E-state index contributed by atoms with van der Waals surface area (Å²) in [5.41, 5.74) is 6.33. The molecule has 1 aliphatic rings. The molecule has 0 aliphatic heterocycles. The Labute approximate surface area is 161 Å². The molecule has 0 bridgehead atoms. The Morgan fingerprint density at radius 1 is 1.00 bits per heavy atom. The lowest BCUT2D eigenvalue weighted by atomic mass is 9.68. The van der Waals surface area contributed by atoms with Gasteiger partial charge in [-0.05, 0) is 70.3 Å². The summed E-state index contributed by atoms with van der Waals surface area (Å²) in [7, 11) is 0. The highest BCUT2D eigenvalue weighted by atomic mass is 16.4. The first-order valence-corrected chi connectivity index (χ1v) is 9.29. The molecule has 1 aliphatic carbocycles. The van der Waals surface area contributed by atoms with Crippen molar-refractivity contribution in [3.8, 4) is 11.8 Å². The van der Waals surface area contributed by atoms with Crippen LogP contribution in [0.1, 0.15) is 73.7 Å². The van der Waals surface area contributed by atoms with Crippen LogP contribution < -0.4 is 0 Å². The molecule has 2 aromatic rings. The summed E-state index contributed by atoms with van der Waals surface area (Å²) >= 11 is 0. The highest BCUT2D eigenvalue weighted by Gasteiger charge is 2.32. The Balaban J connectivity index is 1.99. The average molecular weight is 358 g/mol. The van der Waals surface area contributed by atoms with Gasteiger partial charge in [0.1, 0.15) is 0 Å². The normalized spacial score (nSPS) is 15.2. The van der Waals surface area contributed by atoms with Crippen molar-refractivity contribution in [3.05, 3.63) is 76.4 Å². The second-order valence-electron chi connectivity index (χ2n) is 8.85. The van der Waals surface area contributed by atoms with Crippen molar-refractivity contribution < 1.29 is 9.90 Å². The van der Waals surface area contributed by atoms with E-state index in [4.69, 9.17) is 5.11 Å². The van der Waals surface area contributed by atoms with Crippen LogP contribution in [-0.4, -0.2) is 11.1 Å². The van der Waals surface area contributed by atoms with Gasteiger partial charge in [0.05, 0.1) is 5.56 Å². The SMILES string of the molecule is CC(C)(C)C1=CCC(C)(C)c2ccc(C#Cc3ccc(C(=O)O)cc3)cc21. The summed E-state index contributed by atoms with van der Waals surface area (Å²) in [6, 6.07) is 13.2. The fourth-order valence-electron chi connectivity index (χ4n) is 3.56. The van der Waals surface area contributed by atoms with E-state index in [1.165, 1.54) is 16.7 Å². The van der Waals surface area contributed by atoms with Crippen LogP contribution in [0.15, 0.2) is 48.5 Å². The van der Waals surface area contributed by atoms with Gasteiger partial charge in [0, 0.05) is 11.1 Å². The Kier molecular flexibility index (Phi) is 4.74. The van der Waals surface area contributed by atoms with Crippen molar-refractivity contribution in [2.75, 3.05) is 0 Å². The fourth-order valence-corrected chi connectivity index (χ4v) is 3.56. The predicted octanol–water partition coefficient (Wildman–Crippen LogP) is 5.90. The smallest absolute Gasteiger partial charge is 0.335 e. The van der Waals surface area contributed by atoms with Crippen LogP contribution in [0.5, 0.6) is 0 Å². The number of benzene rings is 2. The molecule has 0 unspecified atom stereocenters. The van der Waals surface area contributed by atoms with Gasteiger partial charge < -0.3 is 5.11 Å². The van der Waals surface area contributed by atoms with E-state index in [9.17, 15) is 4.79 Å². The molecule has 0 radical (unpaired) electrons. The summed E-state index contributed by atoms with van der Waals surface area (Å²) < 4.78 is 0. The van der Waals surface area contributed by atoms with E-state index in [2.05, 4.69) is 70.7 Å². The molecule has 2 heteroatoms. The van der Waals surface area contributed by atoms with Crippen molar-refractivity contribution in [2.45, 2.75) is 46.5 Å². The van der Waals surface area contributed by atoms with Crippen LogP contribution in [0.4, 0.5) is 0 Å². The van der Waals surface area contributed by atoms with Crippen LogP contribution >= 0.6 is 0 Å². The number of hydrogen-bond donors (Lipinski definition) is 1. The number of rotatable bonds is 1. The van der Waals surface area contributed by atoms with Gasteiger partial charge in [-0.1, -0.05) is 58.6 Å². The third kappa shape index (κ3) is 3.98. The maximum atomic E-state index is 11.0. The molecule has 0 saturated heterocycles. The third-order valence-corrected chi connectivity index (χ3v) is 5.15. The van der Waals surface area contributed by atoms with E-state index in [0.29, 0.717) is 0 Å². The largest absolute Gasteiger partial charge is 0.478 e. The van der Waals surface area contributed by atoms with Crippen LogP contribution in [0.3, 0.4) is 0 Å². The topological polar surface area (TPSA) is 37.3 Å². The molecule has 0 amide bonds. The van der Waals surface area contributed by atoms with E-state index < -0.39 is 5.97 Å². The van der Waals surface area contributed by atoms with Crippen molar-refractivity contribution >= 4 is 11.5 Å². The van der Waals surface area contributed by atoms with Gasteiger partial charge in [-0.25, -0.2) is 4.79 Å². The molecule has 3 rings (SSSR count). The van der Waals surface area contributed by atoms with E-state index in [0.717, 1.165) is 17.5 Å². The highest BCUT2D eigenvalue weighted by Crippen LogP contribution is 2.45. The van der Waals surface area contributed by atoms with Gasteiger partial charge >= 0.3 is 5.97 Å². The molecule has 27 heavy (non-hydrogen) atoms. The van der Waals surface area contributed by atoms with E-state index >= 15 is 0 Å². The maximum Gasteiger partial charge on any atom is 0.335 e. The lowest BCUT2D eigenvalue weighted by molar-refractivity contribution is 0.0697. The van der Waals surface area contributed by atoms with Crippen LogP contribution in [0.25, 0.3) is 5.57 Å². The van der Waals surface area contributed by atoms with Gasteiger partial charge in [0.25, 0.3) is 0 Å². The van der Waals surface area contributed by atoms with E-state index in [-0.39, 0.29) is 16.4 Å². The number of allylic oxidation sites excluding steroid dienone is 2. The molecule has 0 heterocycles. The second kappa shape index (κ2) is 6.74. The second-order valence-corrected chi connectivity index (χ2v) is 8.85. The van der Waals surface area contributed by atoms with Gasteiger partial charge in [0.2, 0.25) is 0 Å². The number of fused-ring (bicyclic) bond motifs is 1. The highest BCUT2D eigenvalue weighted by molar-refractivity contribution is 5.87. The molecular weight excluding hydrogens is 332 g/mol. The molecule has 0 saturated carbocycles. The zero-order valence-corrected chi connectivity index (χ0v) is 16.7. The number of carbonyl (C=O) groups is 1. The summed E-state index contributed by atoms with van der Waals surface area (Å²) in [4.78, 5) is 11.0. The lowest BCUT2D eigenvalue weighted by Crippen LogP contribution is -2.25. The third-order valence-electron chi connectivity index (χ3n) is 5.15. The molecule has 2 aromatic carbocycles. The molecule has 1 N–H and O–H groups in total. The summed E-state index contributed by atoms with van der Waals surface area (Å²) in [6.07, 6.45) is 3.43. The monoisotopic (exact) mass is 358 g/mol. The fraction of sp³-hybridized carbons (Fsp3) is 0.320. The number of carboxylic acids is 1. The Bertz CT molecular complexity index is 972. The van der Waals surface area contributed by atoms with E-state index in [1.54, 1.807) is 24.3 Å². The Morgan fingerprint density at radius 3 is 2.19 bits per heavy atom. The first-order chi connectivity index (χ1) is 12.6. The molecule has 0 aromatic heterocycles. The maximum absolute atomic E-state index is 11.0. The zero-order chi connectivity index (χ0) is 19.8. The molecule has 0 fully saturated rings. The minimum absolute atomic E-state index is 0.0873. The standard InChI is InChI=1S/C25H26O2/c1-24(2,3)21-14-15-25(4,5)22-13-10-18(16-20(21)22)7-6-17-8-11-19(12-9-17)23(26)27/h8-14,16H,15H2,1-5H3,(H,26,27). The Morgan fingerprint density at radius 2 is 1.59 bits per heavy atom. The first kappa shape index (κ1) is 19.0. The van der Waals surface area contributed by atoms with Crippen molar-refractivity contribution in [3.63, 3.8) is 0 Å². The molecule has 138 valence electrons. The van der Waals surface area contributed by atoms with Crippen molar-refractivity contribution in [2.24, 2.45) is 5.41 Å². The molecular formula is C25H26O2. The van der Waals surface area contributed by atoms with Crippen molar-refractivity contribution in [1.29, 1.82) is 0 Å². The van der Waals surface area contributed by atoms with Gasteiger partial charge in [-0.2, -0.15) is 0 Å². The number of aromatic carboxylic acids is 1. The van der Waals surface area contributed by atoms with Gasteiger partial charge in [-0.3, -0.25) is 0 Å². The lowest BCUT2D eigenvalue weighted by Gasteiger charge is -2.36. The van der Waals surface area contributed by atoms with Crippen LogP contribution in [-0.2, 0) is 5.41 Å². The van der Waals surface area contributed by atoms with Gasteiger partial charge in [0.15, 0.2) is 0 Å². The molecule has 2 nitrogen and oxygen atoms in total.